The van der Waals surface area contributed by atoms with Gasteiger partial charge in [-0.25, -0.2) is 0 Å². The van der Waals surface area contributed by atoms with Gasteiger partial charge in [0.1, 0.15) is 0 Å². The first-order valence-corrected chi connectivity index (χ1v) is 6.55. The molecule has 0 atom stereocenters. The molecule has 86 valence electrons. The number of rotatable bonds is 9. The molecule has 0 aromatic heterocycles. The Bertz CT molecular complexity index is 115. The molecule has 0 N–H and O–H groups in total. The van der Waals surface area contributed by atoms with Crippen LogP contribution in [0.1, 0.15) is 52.9 Å². The SMILES string of the molecule is CCCCCCN(CCCCl)C(C)C. The highest BCUT2D eigenvalue weighted by Gasteiger charge is 2.07. The first kappa shape index (κ1) is 14.2. The van der Waals surface area contributed by atoms with E-state index in [1.807, 2.05) is 0 Å². The van der Waals surface area contributed by atoms with Crippen molar-refractivity contribution in [3.63, 3.8) is 0 Å². The summed E-state index contributed by atoms with van der Waals surface area (Å²) in [6.45, 7) is 9.21. The lowest BCUT2D eigenvalue weighted by atomic mass is 10.2. The summed E-state index contributed by atoms with van der Waals surface area (Å²) in [6, 6.07) is 0.667. The monoisotopic (exact) mass is 219 g/mol. The quantitative estimate of drug-likeness (QED) is 0.420. The van der Waals surface area contributed by atoms with Crippen LogP contribution in [0.25, 0.3) is 0 Å². The van der Waals surface area contributed by atoms with Crippen LogP contribution in [0.3, 0.4) is 0 Å². The Kier molecular flexibility index (Phi) is 9.97. The zero-order valence-corrected chi connectivity index (χ0v) is 10.8. The summed E-state index contributed by atoms with van der Waals surface area (Å²) >= 11 is 5.71. The van der Waals surface area contributed by atoms with E-state index in [0.717, 1.165) is 18.8 Å². The van der Waals surface area contributed by atoms with Crippen molar-refractivity contribution < 1.29 is 0 Å². The summed E-state index contributed by atoms with van der Waals surface area (Å²) in [5, 5.41) is 0. The minimum absolute atomic E-state index is 0.667. The Morgan fingerprint density at radius 3 is 2.14 bits per heavy atom. The van der Waals surface area contributed by atoms with Crippen molar-refractivity contribution >= 4 is 11.6 Å². The molecule has 0 heterocycles. The molecule has 0 radical (unpaired) electrons. The van der Waals surface area contributed by atoms with Gasteiger partial charge in [-0.1, -0.05) is 26.2 Å². The number of alkyl halides is 1. The Hall–Kier alpha value is 0.250. The topological polar surface area (TPSA) is 3.24 Å². The fraction of sp³-hybridized carbons (Fsp3) is 1.00. The van der Waals surface area contributed by atoms with E-state index in [2.05, 4.69) is 25.7 Å². The van der Waals surface area contributed by atoms with Crippen molar-refractivity contribution in [2.75, 3.05) is 19.0 Å². The van der Waals surface area contributed by atoms with Crippen LogP contribution in [-0.4, -0.2) is 29.9 Å². The maximum Gasteiger partial charge on any atom is 0.0235 e. The third-order valence-electron chi connectivity index (χ3n) is 2.61. The van der Waals surface area contributed by atoms with Gasteiger partial charge in [0, 0.05) is 11.9 Å². The van der Waals surface area contributed by atoms with E-state index in [4.69, 9.17) is 11.6 Å². The van der Waals surface area contributed by atoms with E-state index in [1.165, 1.54) is 32.2 Å². The van der Waals surface area contributed by atoms with Crippen LogP contribution in [0.5, 0.6) is 0 Å². The smallest absolute Gasteiger partial charge is 0.0235 e. The van der Waals surface area contributed by atoms with Crippen LogP contribution in [0, 0.1) is 0 Å². The van der Waals surface area contributed by atoms with Crippen molar-refractivity contribution in [1.29, 1.82) is 0 Å². The van der Waals surface area contributed by atoms with Gasteiger partial charge in [0.2, 0.25) is 0 Å². The Labute approximate surface area is 94.8 Å². The Balaban J connectivity index is 3.52. The average molecular weight is 220 g/mol. The number of hydrogen-bond donors (Lipinski definition) is 0. The molecule has 0 aromatic carbocycles. The number of unbranched alkanes of at least 4 members (excludes halogenated alkanes) is 3. The molecule has 0 unspecified atom stereocenters. The summed E-state index contributed by atoms with van der Waals surface area (Å²) in [4.78, 5) is 2.54. The van der Waals surface area contributed by atoms with Crippen molar-refractivity contribution in [3.8, 4) is 0 Å². The highest BCUT2D eigenvalue weighted by molar-refractivity contribution is 6.17. The number of nitrogens with zero attached hydrogens (tertiary/aromatic N) is 1. The predicted octanol–water partition coefficient (Wildman–Crippen LogP) is 3.91. The highest BCUT2D eigenvalue weighted by atomic mass is 35.5. The molecule has 0 saturated carbocycles. The first-order valence-electron chi connectivity index (χ1n) is 6.02. The average Bonchev–Trinajstić information content (AvgIpc) is 2.16. The molecule has 0 rings (SSSR count). The predicted molar refractivity (Wildman–Crippen MR) is 66.2 cm³/mol. The van der Waals surface area contributed by atoms with E-state index in [0.29, 0.717) is 6.04 Å². The van der Waals surface area contributed by atoms with E-state index < -0.39 is 0 Å². The van der Waals surface area contributed by atoms with Gasteiger partial charge < -0.3 is 4.90 Å². The van der Waals surface area contributed by atoms with Crippen molar-refractivity contribution in [1.82, 2.24) is 4.90 Å². The van der Waals surface area contributed by atoms with Gasteiger partial charge in [0.25, 0.3) is 0 Å². The molecular formula is C12H26ClN. The van der Waals surface area contributed by atoms with Gasteiger partial charge in [-0.3, -0.25) is 0 Å². The molecule has 0 aliphatic rings. The molecule has 0 aliphatic carbocycles. The summed E-state index contributed by atoms with van der Waals surface area (Å²) in [7, 11) is 0. The molecule has 0 aliphatic heterocycles. The molecule has 0 amide bonds. The fourth-order valence-corrected chi connectivity index (χ4v) is 1.75. The van der Waals surface area contributed by atoms with Crippen LogP contribution in [-0.2, 0) is 0 Å². The summed E-state index contributed by atoms with van der Waals surface area (Å²) < 4.78 is 0. The highest BCUT2D eigenvalue weighted by Crippen LogP contribution is 2.05. The molecular weight excluding hydrogens is 194 g/mol. The molecule has 1 nitrogen and oxygen atoms in total. The second-order valence-corrected chi connectivity index (χ2v) is 4.61. The number of halogens is 1. The van der Waals surface area contributed by atoms with Crippen molar-refractivity contribution in [3.05, 3.63) is 0 Å². The van der Waals surface area contributed by atoms with Gasteiger partial charge in [-0.05, 0) is 39.8 Å². The van der Waals surface area contributed by atoms with Crippen molar-refractivity contribution in [2.45, 2.75) is 58.9 Å². The van der Waals surface area contributed by atoms with Crippen LogP contribution in [0.4, 0.5) is 0 Å². The standard InChI is InChI=1S/C12H26ClN/c1-4-5-6-7-10-14(12(2)3)11-8-9-13/h12H,4-11H2,1-3H3. The van der Waals surface area contributed by atoms with Crippen LogP contribution in [0.2, 0.25) is 0 Å². The zero-order valence-electron chi connectivity index (χ0n) is 10.1. The number of hydrogen-bond acceptors (Lipinski definition) is 1. The lowest BCUT2D eigenvalue weighted by molar-refractivity contribution is 0.217. The van der Waals surface area contributed by atoms with Gasteiger partial charge in [-0.2, -0.15) is 0 Å². The lowest BCUT2D eigenvalue weighted by Crippen LogP contribution is -2.33. The zero-order chi connectivity index (χ0) is 10.8. The largest absolute Gasteiger partial charge is 0.301 e. The molecule has 0 aromatic rings. The van der Waals surface area contributed by atoms with Crippen LogP contribution < -0.4 is 0 Å². The van der Waals surface area contributed by atoms with Crippen LogP contribution in [0.15, 0.2) is 0 Å². The van der Waals surface area contributed by atoms with Crippen LogP contribution >= 0.6 is 11.6 Å². The van der Waals surface area contributed by atoms with Crippen molar-refractivity contribution in [2.24, 2.45) is 0 Å². The second-order valence-electron chi connectivity index (χ2n) is 4.23. The maximum atomic E-state index is 5.71. The molecule has 0 spiro atoms. The summed E-state index contributed by atoms with van der Waals surface area (Å²) in [6.07, 6.45) is 6.53. The van der Waals surface area contributed by atoms with Gasteiger partial charge in [-0.15, -0.1) is 11.6 Å². The Morgan fingerprint density at radius 1 is 1.00 bits per heavy atom. The Morgan fingerprint density at radius 2 is 1.64 bits per heavy atom. The fourth-order valence-electron chi connectivity index (χ4n) is 1.63. The minimum Gasteiger partial charge on any atom is -0.301 e. The summed E-state index contributed by atoms with van der Waals surface area (Å²) in [5.74, 6) is 0.790. The third-order valence-corrected chi connectivity index (χ3v) is 2.88. The van der Waals surface area contributed by atoms with E-state index in [-0.39, 0.29) is 0 Å². The molecule has 0 saturated heterocycles. The lowest BCUT2D eigenvalue weighted by Gasteiger charge is -2.26. The molecule has 0 fully saturated rings. The van der Waals surface area contributed by atoms with E-state index in [9.17, 15) is 0 Å². The van der Waals surface area contributed by atoms with Gasteiger partial charge >= 0.3 is 0 Å². The molecule has 0 bridgehead atoms. The minimum atomic E-state index is 0.667. The maximum absolute atomic E-state index is 5.71. The third kappa shape index (κ3) is 7.64. The molecule has 2 heteroatoms. The van der Waals surface area contributed by atoms with E-state index >= 15 is 0 Å². The van der Waals surface area contributed by atoms with Gasteiger partial charge in [0.15, 0.2) is 0 Å². The summed E-state index contributed by atoms with van der Waals surface area (Å²) in [5.41, 5.74) is 0. The normalized spacial score (nSPS) is 11.6. The first-order chi connectivity index (χ1) is 6.72. The molecule has 14 heavy (non-hydrogen) atoms. The van der Waals surface area contributed by atoms with E-state index in [1.54, 1.807) is 0 Å². The van der Waals surface area contributed by atoms with Gasteiger partial charge in [0.05, 0.1) is 0 Å². The second kappa shape index (κ2) is 9.79.